The number of ketones is 1. The third-order valence-corrected chi connectivity index (χ3v) is 2.02. The first kappa shape index (κ1) is 8.26. The predicted molar refractivity (Wildman–Crippen MR) is 52.3 cm³/mol. The van der Waals surface area contributed by atoms with Gasteiger partial charge in [0.25, 0.3) is 0 Å². The Balaban J connectivity index is 2.22. The molecule has 1 aromatic rings. The van der Waals surface area contributed by atoms with Gasteiger partial charge in [0.15, 0.2) is 5.78 Å². The van der Waals surface area contributed by atoms with Crippen molar-refractivity contribution in [3.8, 4) is 0 Å². The van der Waals surface area contributed by atoms with Crippen LogP contribution in [-0.4, -0.2) is 18.5 Å². The molecule has 0 atom stereocenters. The quantitative estimate of drug-likeness (QED) is 0.682. The highest BCUT2D eigenvalue weighted by Gasteiger charge is 2.14. The van der Waals surface area contributed by atoms with Gasteiger partial charge in [-0.2, -0.15) is 5.10 Å². The molecule has 0 unspecified atom stereocenters. The van der Waals surface area contributed by atoms with Crippen LogP contribution < -0.4 is 5.01 Å². The van der Waals surface area contributed by atoms with E-state index in [4.69, 9.17) is 11.6 Å². The smallest absolute Gasteiger partial charge is 0.197 e. The summed E-state index contributed by atoms with van der Waals surface area (Å²) in [4.78, 5) is 10.9. The SMILES string of the molecule is O=C1C=NN(c2ccc(Cl)cc2)C1. The number of Topliss-reactive ketones (excluding diaryl/α,β-unsaturated/α-hetero) is 1. The van der Waals surface area contributed by atoms with Gasteiger partial charge in [0.05, 0.1) is 11.9 Å². The monoisotopic (exact) mass is 194 g/mol. The van der Waals surface area contributed by atoms with Crippen LogP contribution >= 0.6 is 11.6 Å². The van der Waals surface area contributed by atoms with Gasteiger partial charge in [0.1, 0.15) is 6.54 Å². The number of hydrogen-bond donors (Lipinski definition) is 0. The van der Waals surface area contributed by atoms with Crippen molar-refractivity contribution in [3.05, 3.63) is 29.3 Å². The molecule has 1 aliphatic heterocycles. The van der Waals surface area contributed by atoms with Crippen molar-refractivity contribution in [2.24, 2.45) is 5.10 Å². The van der Waals surface area contributed by atoms with Crippen LogP contribution in [0.5, 0.6) is 0 Å². The second-order valence-corrected chi connectivity index (χ2v) is 3.18. The molecule has 0 radical (unpaired) electrons. The number of anilines is 1. The number of nitrogens with zero attached hydrogens (tertiary/aromatic N) is 2. The Kier molecular flexibility index (Phi) is 2.02. The first-order valence-corrected chi connectivity index (χ1v) is 4.23. The maximum atomic E-state index is 10.9. The van der Waals surface area contributed by atoms with E-state index in [2.05, 4.69) is 5.10 Å². The number of carbonyl (C=O) groups excluding carboxylic acids is 1. The highest BCUT2D eigenvalue weighted by Crippen LogP contribution is 2.19. The van der Waals surface area contributed by atoms with E-state index in [1.54, 1.807) is 17.1 Å². The van der Waals surface area contributed by atoms with Gasteiger partial charge in [-0.05, 0) is 24.3 Å². The van der Waals surface area contributed by atoms with Crippen molar-refractivity contribution in [1.82, 2.24) is 0 Å². The number of hydrogen-bond acceptors (Lipinski definition) is 3. The van der Waals surface area contributed by atoms with Crippen molar-refractivity contribution < 1.29 is 4.79 Å². The lowest BCUT2D eigenvalue weighted by molar-refractivity contribution is -0.110. The molecule has 0 spiro atoms. The van der Waals surface area contributed by atoms with E-state index in [-0.39, 0.29) is 5.78 Å². The maximum Gasteiger partial charge on any atom is 0.197 e. The summed E-state index contributed by atoms with van der Waals surface area (Å²) in [7, 11) is 0. The lowest BCUT2D eigenvalue weighted by Crippen LogP contribution is -2.16. The van der Waals surface area contributed by atoms with E-state index in [9.17, 15) is 4.79 Å². The molecule has 0 bridgehead atoms. The lowest BCUT2D eigenvalue weighted by Gasteiger charge is -2.11. The first-order chi connectivity index (χ1) is 6.25. The summed E-state index contributed by atoms with van der Waals surface area (Å²) in [6.07, 6.45) is 1.33. The van der Waals surface area contributed by atoms with Crippen molar-refractivity contribution in [1.29, 1.82) is 0 Å². The van der Waals surface area contributed by atoms with Crippen LogP contribution in [0.3, 0.4) is 0 Å². The van der Waals surface area contributed by atoms with Crippen molar-refractivity contribution in [2.75, 3.05) is 11.6 Å². The number of rotatable bonds is 1. The van der Waals surface area contributed by atoms with Gasteiger partial charge in [-0.1, -0.05) is 11.6 Å². The van der Waals surface area contributed by atoms with Gasteiger partial charge < -0.3 is 0 Å². The summed E-state index contributed by atoms with van der Waals surface area (Å²) >= 11 is 5.72. The Morgan fingerprint density at radius 3 is 2.54 bits per heavy atom. The normalized spacial score (nSPS) is 15.5. The zero-order valence-corrected chi connectivity index (χ0v) is 7.53. The molecule has 0 aromatic heterocycles. The van der Waals surface area contributed by atoms with Crippen LogP contribution in [0, 0.1) is 0 Å². The molecule has 0 fully saturated rings. The zero-order chi connectivity index (χ0) is 9.26. The van der Waals surface area contributed by atoms with Crippen LogP contribution in [0.1, 0.15) is 0 Å². The van der Waals surface area contributed by atoms with Crippen LogP contribution in [0.4, 0.5) is 5.69 Å². The fourth-order valence-corrected chi connectivity index (χ4v) is 1.26. The number of hydrazone groups is 1. The summed E-state index contributed by atoms with van der Waals surface area (Å²) in [6, 6.07) is 7.21. The average Bonchev–Trinajstić information content (AvgIpc) is 2.53. The molecule has 1 aliphatic rings. The van der Waals surface area contributed by atoms with Crippen LogP contribution in [0.2, 0.25) is 5.02 Å². The van der Waals surface area contributed by atoms with Crippen LogP contribution in [-0.2, 0) is 4.79 Å². The third-order valence-electron chi connectivity index (χ3n) is 1.77. The average molecular weight is 195 g/mol. The molecule has 0 aliphatic carbocycles. The van der Waals surface area contributed by atoms with Crippen molar-refractivity contribution in [2.45, 2.75) is 0 Å². The fraction of sp³-hybridized carbons (Fsp3) is 0.111. The van der Waals surface area contributed by atoms with Gasteiger partial charge in [0.2, 0.25) is 0 Å². The van der Waals surface area contributed by atoms with Crippen LogP contribution in [0.25, 0.3) is 0 Å². The minimum Gasteiger partial charge on any atom is -0.291 e. The Labute approximate surface area is 80.6 Å². The summed E-state index contributed by atoms with van der Waals surface area (Å²) in [5, 5.41) is 6.25. The summed E-state index contributed by atoms with van der Waals surface area (Å²) < 4.78 is 0. The molecule has 0 amide bonds. The lowest BCUT2D eigenvalue weighted by atomic mass is 10.3. The Hall–Kier alpha value is -1.35. The highest BCUT2D eigenvalue weighted by molar-refractivity contribution is 6.31. The van der Waals surface area contributed by atoms with Gasteiger partial charge in [-0.3, -0.25) is 9.80 Å². The zero-order valence-electron chi connectivity index (χ0n) is 6.77. The molecule has 3 nitrogen and oxygen atoms in total. The summed E-state index contributed by atoms with van der Waals surface area (Å²) in [5.41, 5.74) is 0.881. The molecule has 1 aromatic carbocycles. The Bertz CT molecular complexity index is 358. The third kappa shape index (κ3) is 1.70. The largest absolute Gasteiger partial charge is 0.291 e. The molecule has 13 heavy (non-hydrogen) atoms. The minimum atomic E-state index is 0.0231. The van der Waals surface area contributed by atoms with Gasteiger partial charge in [-0.25, -0.2) is 0 Å². The second kappa shape index (κ2) is 3.18. The maximum absolute atomic E-state index is 10.9. The Morgan fingerprint density at radius 2 is 2.00 bits per heavy atom. The molecule has 0 N–H and O–H groups in total. The summed E-state index contributed by atoms with van der Waals surface area (Å²) in [5.74, 6) is 0.0231. The van der Waals surface area contributed by atoms with E-state index in [1.807, 2.05) is 12.1 Å². The Morgan fingerprint density at radius 1 is 1.31 bits per heavy atom. The van der Waals surface area contributed by atoms with Gasteiger partial charge >= 0.3 is 0 Å². The van der Waals surface area contributed by atoms with E-state index >= 15 is 0 Å². The molecule has 1 heterocycles. The molecular weight excluding hydrogens is 188 g/mol. The van der Waals surface area contributed by atoms with Gasteiger partial charge in [0, 0.05) is 5.02 Å². The topological polar surface area (TPSA) is 32.7 Å². The molecule has 66 valence electrons. The number of benzene rings is 1. The van der Waals surface area contributed by atoms with E-state index in [1.165, 1.54) is 6.21 Å². The molecule has 4 heteroatoms. The molecule has 2 rings (SSSR count). The van der Waals surface area contributed by atoms with E-state index in [0.29, 0.717) is 11.6 Å². The van der Waals surface area contributed by atoms with E-state index < -0.39 is 0 Å². The molecule has 0 saturated carbocycles. The van der Waals surface area contributed by atoms with Crippen LogP contribution in [0.15, 0.2) is 29.4 Å². The van der Waals surface area contributed by atoms with Gasteiger partial charge in [-0.15, -0.1) is 0 Å². The van der Waals surface area contributed by atoms with Crippen molar-refractivity contribution >= 4 is 29.3 Å². The van der Waals surface area contributed by atoms with E-state index in [0.717, 1.165) is 5.69 Å². The number of carbonyl (C=O) groups is 1. The fourth-order valence-electron chi connectivity index (χ4n) is 1.13. The first-order valence-electron chi connectivity index (χ1n) is 3.85. The standard InChI is InChI=1S/C9H7ClN2O/c10-7-1-3-8(4-2-7)12-6-9(13)5-11-12/h1-5H,6H2. The molecular formula is C9H7ClN2O. The highest BCUT2D eigenvalue weighted by atomic mass is 35.5. The minimum absolute atomic E-state index is 0.0231. The number of halogens is 1. The molecule has 0 saturated heterocycles. The van der Waals surface area contributed by atoms with Crippen molar-refractivity contribution in [3.63, 3.8) is 0 Å². The summed E-state index contributed by atoms with van der Waals surface area (Å²) in [6.45, 7) is 0.321. The predicted octanol–water partition coefficient (Wildman–Crippen LogP) is 1.71. The second-order valence-electron chi connectivity index (χ2n) is 2.74.